The van der Waals surface area contributed by atoms with Gasteiger partial charge in [-0.25, -0.2) is 0 Å². The van der Waals surface area contributed by atoms with Gasteiger partial charge in [-0.1, -0.05) is 35.9 Å². The summed E-state index contributed by atoms with van der Waals surface area (Å²) in [4.78, 5) is 2.62. The number of benzene rings is 2. The van der Waals surface area contributed by atoms with Crippen LogP contribution in [0.4, 0.5) is 0 Å². The molecule has 2 unspecified atom stereocenters. The minimum atomic E-state index is 0.580. The topological polar surface area (TPSA) is 8.17 Å². The van der Waals surface area contributed by atoms with Crippen LogP contribution in [0.25, 0.3) is 22.7 Å². The van der Waals surface area contributed by atoms with Gasteiger partial charge in [0.2, 0.25) is 0 Å². The molecule has 3 aromatic rings. The maximum atomic E-state index is 2.62. The Kier molecular flexibility index (Phi) is 3.80. The molecule has 1 aromatic heterocycles. The van der Waals surface area contributed by atoms with Crippen LogP contribution in [0.2, 0.25) is 0 Å². The van der Waals surface area contributed by atoms with Gasteiger partial charge in [-0.2, -0.15) is 0 Å². The minimum absolute atomic E-state index is 0.580. The lowest BCUT2D eigenvalue weighted by Gasteiger charge is -2.32. The molecule has 2 nitrogen and oxygen atoms in total. The molecular formula is C25H28N2. The molecule has 0 spiro atoms. The van der Waals surface area contributed by atoms with Crippen molar-refractivity contribution in [2.24, 2.45) is 0 Å². The summed E-state index contributed by atoms with van der Waals surface area (Å²) in [6.07, 6.45) is 6.16. The second-order valence-electron chi connectivity index (χ2n) is 8.49. The average Bonchev–Trinajstić information content (AvgIpc) is 3.06. The second-order valence-corrected chi connectivity index (χ2v) is 8.49. The van der Waals surface area contributed by atoms with Crippen molar-refractivity contribution < 1.29 is 0 Å². The molecule has 3 heterocycles. The van der Waals surface area contributed by atoms with Gasteiger partial charge >= 0.3 is 0 Å². The Hall–Kier alpha value is -2.32. The molecule has 27 heavy (non-hydrogen) atoms. The number of aromatic nitrogens is 1. The number of hydrogen-bond donors (Lipinski definition) is 0. The van der Waals surface area contributed by atoms with E-state index in [4.69, 9.17) is 0 Å². The van der Waals surface area contributed by atoms with E-state index < -0.39 is 0 Å². The first-order valence-corrected chi connectivity index (χ1v) is 10.1. The second kappa shape index (κ2) is 6.10. The third kappa shape index (κ3) is 2.50. The zero-order chi connectivity index (χ0) is 18.7. The van der Waals surface area contributed by atoms with E-state index in [0.29, 0.717) is 12.1 Å². The predicted molar refractivity (Wildman–Crippen MR) is 115 cm³/mol. The number of allylic oxidation sites excluding steroid dienone is 1. The molecule has 2 aromatic carbocycles. The van der Waals surface area contributed by atoms with E-state index in [1.54, 1.807) is 5.56 Å². The first kappa shape index (κ1) is 16.8. The zero-order valence-corrected chi connectivity index (χ0v) is 16.8. The van der Waals surface area contributed by atoms with Crippen molar-refractivity contribution in [2.75, 3.05) is 7.05 Å². The maximum absolute atomic E-state index is 2.62. The summed E-state index contributed by atoms with van der Waals surface area (Å²) >= 11 is 0. The van der Waals surface area contributed by atoms with Gasteiger partial charge in [-0.05, 0) is 75.1 Å². The van der Waals surface area contributed by atoms with E-state index in [1.165, 1.54) is 51.7 Å². The average molecular weight is 357 g/mol. The molecule has 0 radical (unpaired) electrons. The van der Waals surface area contributed by atoms with E-state index in [2.05, 4.69) is 86.0 Å². The summed E-state index contributed by atoms with van der Waals surface area (Å²) in [5.41, 5.74) is 9.85. The van der Waals surface area contributed by atoms with Crippen LogP contribution < -0.4 is 0 Å². The molecule has 2 atom stereocenters. The lowest BCUT2D eigenvalue weighted by atomic mass is 9.97. The van der Waals surface area contributed by atoms with Gasteiger partial charge in [0, 0.05) is 35.8 Å². The largest absolute Gasteiger partial charge is 0.320 e. The number of likely N-dealkylation sites (N-methyl/N-ethyl adjacent to an activating group) is 1. The predicted octanol–water partition coefficient (Wildman–Crippen LogP) is 5.97. The molecule has 0 amide bonds. The number of rotatable bonds is 2. The van der Waals surface area contributed by atoms with E-state index >= 15 is 0 Å². The maximum Gasteiger partial charge on any atom is 0.0529 e. The molecule has 2 heteroatoms. The van der Waals surface area contributed by atoms with Crippen LogP contribution in [0.15, 0.2) is 42.5 Å². The van der Waals surface area contributed by atoms with Gasteiger partial charge in [-0.15, -0.1) is 0 Å². The molecule has 138 valence electrons. The fourth-order valence-electron chi connectivity index (χ4n) is 5.34. The molecule has 5 rings (SSSR count). The van der Waals surface area contributed by atoms with Gasteiger partial charge in [-0.3, -0.25) is 4.90 Å². The Morgan fingerprint density at radius 2 is 1.89 bits per heavy atom. The van der Waals surface area contributed by atoms with Crippen LogP contribution in [0.1, 0.15) is 53.8 Å². The smallest absolute Gasteiger partial charge is 0.0529 e. The SMILES string of the molecule is C/C(=C\n1c2c(c3cc(C)ccc31)C1CCC(C2)N1C)c1ccccc1C. The van der Waals surface area contributed by atoms with E-state index in [-0.39, 0.29) is 0 Å². The van der Waals surface area contributed by atoms with Crippen molar-refractivity contribution in [3.05, 3.63) is 70.4 Å². The van der Waals surface area contributed by atoms with Gasteiger partial charge < -0.3 is 4.57 Å². The van der Waals surface area contributed by atoms with E-state index in [0.717, 1.165) is 6.42 Å². The van der Waals surface area contributed by atoms with Crippen LogP contribution in [-0.2, 0) is 6.42 Å². The standard InChI is InChI=1S/C25H28N2/c1-16-9-11-22-21(13-16)25-23-12-10-19(26(23)4)14-24(25)27(22)15-18(3)20-8-6-5-7-17(20)2/h5-9,11,13,15,19,23H,10,12,14H2,1-4H3/b18-15+. The highest BCUT2D eigenvalue weighted by Crippen LogP contribution is 2.47. The highest BCUT2D eigenvalue weighted by Gasteiger charge is 2.40. The fraction of sp³-hybridized carbons (Fsp3) is 0.360. The molecule has 2 aliphatic rings. The summed E-state index contributed by atoms with van der Waals surface area (Å²) in [6, 6.07) is 16.9. The zero-order valence-electron chi connectivity index (χ0n) is 16.8. The van der Waals surface area contributed by atoms with Crippen molar-refractivity contribution >= 4 is 22.7 Å². The summed E-state index contributed by atoms with van der Waals surface area (Å²) in [5, 5.41) is 1.45. The van der Waals surface area contributed by atoms with Gasteiger partial charge in [0.15, 0.2) is 0 Å². The molecular weight excluding hydrogens is 328 g/mol. The Labute approximate surface area is 162 Å². The first-order valence-electron chi connectivity index (χ1n) is 10.1. The van der Waals surface area contributed by atoms with E-state index in [1.807, 2.05) is 0 Å². The van der Waals surface area contributed by atoms with Crippen molar-refractivity contribution in [1.82, 2.24) is 9.47 Å². The quantitative estimate of drug-likeness (QED) is 0.549. The van der Waals surface area contributed by atoms with Crippen LogP contribution in [0.5, 0.6) is 0 Å². The van der Waals surface area contributed by atoms with Crippen molar-refractivity contribution in [3.8, 4) is 0 Å². The van der Waals surface area contributed by atoms with Crippen molar-refractivity contribution in [3.63, 3.8) is 0 Å². The summed E-state index contributed by atoms with van der Waals surface area (Å²) in [5.74, 6) is 0. The number of nitrogens with zero attached hydrogens (tertiary/aromatic N) is 2. The Morgan fingerprint density at radius 1 is 1.07 bits per heavy atom. The van der Waals surface area contributed by atoms with Gasteiger partial charge in [0.1, 0.15) is 0 Å². The van der Waals surface area contributed by atoms with Crippen molar-refractivity contribution in [2.45, 2.75) is 52.1 Å². The molecule has 0 saturated carbocycles. The summed E-state index contributed by atoms with van der Waals surface area (Å²) in [6.45, 7) is 6.66. The highest BCUT2D eigenvalue weighted by molar-refractivity contribution is 5.91. The molecule has 2 bridgehead atoms. The molecule has 0 aliphatic carbocycles. The van der Waals surface area contributed by atoms with Crippen LogP contribution >= 0.6 is 0 Å². The van der Waals surface area contributed by atoms with Gasteiger partial charge in [0.25, 0.3) is 0 Å². The lowest BCUT2D eigenvalue weighted by Crippen LogP contribution is -2.34. The number of fused-ring (bicyclic) bond motifs is 6. The molecule has 0 N–H and O–H groups in total. The Bertz CT molecular complexity index is 1070. The van der Waals surface area contributed by atoms with Crippen LogP contribution in [-0.4, -0.2) is 22.6 Å². The van der Waals surface area contributed by atoms with E-state index in [9.17, 15) is 0 Å². The fourth-order valence-corrected chi connectivity index (χ4v) is 5.34. The van der Waals surface area contributed by atoms with Crippen molar-refractivity contribution in [1.29, 1.82) is 0 Å². The highest BCUT2D eigenvalue weighted by atomic mass is 15.2. The monoisotopic (exact) mass is 356 g/mol. The Morgan fingerprint density at radius 3 is 2.70 bits per heavy atom. The summed E-state index contributed by atoms with van der Waals surface area (Å²) in [7, 11) is 2.32. The third-order valence-electron chi connectivity index (χ3n) is 6.80. The third-order valence-corrected chi connectivity index (χ3v) is 6.80. The normalized spacial score (nSPS) is 22.4. The van der Waals surface area contributed by atoms with Crippen LogP contribution in [0, 0.1) is 13.8 Å². The lowest BCUT2D eigenvalue weighted by molar-refractivity contribution is 0.223. The van der Waals surface area contributed by atoms with Crippen LogP contribution in [0.3, 0.4) is 0 Å². The number of hydrogen-bond acceptors (Lipinski definition) is 1. The first-order chi connectivity index (χ1) is 13.0. The Balaban J connectivity index is 1.75. The molecule has 1 saturated heterocycles. The number of aryl methyl sites for hydroxylation is 2. The summed E-state index contributed by atoms with van der Waals surface area (Å²) < 4.78 is 2.50. The molecule has 1 fully saturated rings. The van der Waals surface area contributed by atoms with Gasteiger partial charge in [0.05, 0.1) is 5.52 Å². The minimum Gasteiger partial charge on any atom is -0.320 e. The molecule has 2 aliphatic heterocycles.